The van der Waals surface area contributed by atoms with Crippen molar-refractivity contribution < 1.29 is 18.9 Å². The van der Waals surface area contributed by atoms with Crippen LogP contribution in [-0.2, 0) is 18.9 Å². The molecule has 5 heteroatoms. The van der Waals surface area contributed by atoms with Crippen LogP contribution in [-0.4, -0.2) is 65.9 Å². The fraction of sp³-hybridized carbons (Fsp3) is 0.900. The minimum absolute atomic E-state index is 0.446. The summed E-state index contributed by atoms with van der Waals surface area (Å²) in [7, 11) is 0. The smallest absolute Gasteiger partial charge is 0.107 e. The summed E-state index contributed by atoms with van der Waals surface area (Å²) >= 11 is 0. The summed E-state index contributed by atoms with van der Waals surface area (Å²) in [4.78, 5) is 0. The third-order valence-corrected chi connectivity index (χ3v) is 3.86. The van der Waals surface area contributed by atoms with E-state index in [2.05, 4.69) is 44.9 Å². The molecule has 0 aliphatic rings. The predicted molar refractivity (Wildman–Crippen MR) is 103 cm³/mol. The second-order valence-corrected chi connectivity index (χ2v) is 6.24. The van der Waals surface area contributed by atoms with E-state index in [1.807, 2.05) is 0 Å². The maximum Gasteiger partial charge on any atom is 0.107 e. The van der Waals surface area contributed by atoms with Crippen LogP contribution in [0.25, 0.3) is 0 Å². The molecule has 0 amide bonds. The Balaban J connectivity index is 3.10. The number of rotatable bonds is 17. The Morgan fingerprint density at radius 2 is 1.32 bits per heavy atom. The summed E-state index contributed by atoms with van der Waals surface area (Å²) in [6.45, 7) is 15.4. The van der Waals surface area contributed by atoms with Gasteiger partial charge in [-0.15, -0.1) is 0 Å². The zero-order chi connectivity index (χ0) is 18.6. The quantitative estimate of drug-likeness (QED) is 0.320. The SMILES string of the molecule is CCC(C)C#CCOCCOCCOCCOCCNCC(C)CC. The Hall–Kier alpha value is -0.640. The van der Waals surface area contributed by atoms with E-state index in [4.69, 9.17) is 18.9 Å². The topological polar surface area (TPSA) is 49.0 Å². The monoisotopic (exact) mass is 357 g/mol. The molecule has 2 unspecified atom stereocenters. The summed E-state index contributed by atoms with van der Waals surface area (Å²) in [6, 6.07) is 0. The molecule has 0 bridgehead atoms. The number of hydrogen-bond donors (Lipinski definition) is 1. The highest BCUT2D eigenvalue weighted by Gasteiger charge is 1.97. The van der Waals surface area contributed by atoms with Gasteiger partial charge in [-0.2, -0.15) is 0 Å². The molecule has 0 saturated heterocycles. The maximum absolute atomic E-state index is 5.50. The Labute approximate surface area is 155 Å². The minimum Gasteiger partial charge on any atom is -0.378 e. The van der Waals surface area contributed by atoms with Crippen LogP contribution in [0, 0.1) is 23.7 Å². The van der Waals surface area contributed by atoms with Crippen LogP contribution < -0.4 is 5.32 Å². The summed E-state index contributed by atoms with van der Waals surface area (Å²) in [6.07, 6.45) is 2.29. The first-order chi connectivity index (χ1) is 12.2. The lowest BCUT2D eigenvalue weighted by Gasteiger charge is -2.10. The van der Waals surface area contributed by atoms with Crippen LogP contribution >= 0.6 is 0 Å². The van der Waals surface area contributed by atoms with E-state index in [0.29, 0.717) is 52.2 Å². The maximum atomic E-state index is 5.50. The van der Waals surface area contributed by atoms with Crippen molar-refractivity contribution in [1.82, 2.24) is 5.32 Å². The molecule has 0 aliphatic heterocycles. The standard InChI is InChI=1S/C20H39NO4/c1-5-19(3)8-7-10-22-12-14-24-16-17-25-15-13-23-11-9-21-18-20(4)6-2/h19-21H,5-6,9-18H2,1-4H3. The van der Waals surface area contributed by atoms with Crippen LogP contribution in [0.2, 0.25) is 0 Å². The molecular weight excluding hydrogens is 318 g/mol. The average molecular weight is 358 g/mol. The second kappa shape index (κ2) is 19.7. The molecule has 0 aromatic carbocycles. The zero-order valence-electron chi connectivity index (χ0n) is 16.8. The van der Waals surface area contributed by atoms with Gasteiger partial charge < -0.3 is 24.3 Å². The molecule has 0 fully saturated rings. The summed E-state index contributed by atoms with van der Waals surface area (Å²) in [5.41, 5.74) is 0. The molecular formula is C20H39NO4. The molecule has 0 spiro atoms. The highest BCUT2D eigenvalue weighted by Crippen LogP contribution is 1.96. The number of hydrogen-bond acceptors (Lipinski definition) is 5. The summed E-state index contributed by atoms with van der Waals surface area (Å²) in [5, 5.41) is 3.38. The Bertz CT molecular complexity index is 327. The molecule has 2 atom stereocenters. The Kier molecular flexibility index (Phi) is 19.2. The fourth-order valence-electron chi connectivity index (χ4n) is 1.74. The third kappa shape index (κ3) is 19.5. The van der Waals surface area contributed by atoms with Gasteiger partial charge in [0.15, 0.2) is 0 Å². The van der Waals surface area contributed by atoms with Crippen LogP contribution in [0.15, 0.2) is 0 Å². The van der Waals surface area contributed by atoms with E-state index >= 15 is 0 Å². The number of nitrogens with one attached hydrogen (secondary N) is 1. The van der Waals surface area contributed by atoms with Crippen LogP contribution in [0.3, 0.4) is 0 Å². The van der Waals surface area contributed by atoms with E-state index in [1.54, 1.807) is 0 Å². The molecule has 0 saturated carbocycles. The molecule has 0 aromatic heterocycles. The van der Waals surface area contributed by atoms with Gasteiger partial charge in [-0.3, -0.25) is 0 Å². The van der Waals surface area contributed by atoms with Gasteiger partial charge in [0.25, 0.3) is 0 Å². The molecule has 0 radical (unpaired) electrons. The summed E-state index contributed by atoms with van der Waals surface area (Å²) in [5.74, 6) is 7.33. The second-order valence-electron chi connectivity index (χ2n) is 6.24. The molecule has 0 heterocycles. The van der Waals surface area contributed by atoms with Crippen molar-refractivity contribution in [2.75, 3.05) is 65.9 Å². The molecule has 0 aliphatic carbocycles. The van der Waals surface area contributed by atoms with Crippen molar-refractivity contribution in [2.24, 2.45) is 11.8 Å². The highest BCUT2D eigenvalue weighted by molar-refractivity contribution is 5.02. The van der Waals surface area contributed by atoms with Gasteiger partial charge in [0.2, 0.25) is 0 Å². The van der Waals surface area contributed by atoms with Gasteiger partial charge >= 0.3 is 0 Å². The number of ether oxygens (including phenoxy) is 4. The summed E-state index contributed by atoms with van der Waals surface area (Å²) < 4.78 is 21.7. The predicted octanol–water partition coefficient (Wildman–Crippen LogP) is 2.74. The lowest BCUT2D eigenvalue weighted by molar-refractivity contribution is 0.00166. The van der Waals surface area contributed by atoms with Crippen molar-refractivity contribution in [3.8, 4) is 11.8 Å². The van der Waals surface area contributed by atoms with Crippen molar-refractivity contribution >= 4 is 0 Å². The fourth-order valence-corrected chi connectivity index (χ4v) is 1.74. The van der Waals surface area contributed by atoms with Gasteiger partial charge in [-0.25, -0.2) is 0 Å². The van der Waals surface area contributed by atoms with Crippen LogP contribution in [0.5, 0.6) is 0 Å². The van der Waals surface area contributed by atoms with Gasteiger partial charge in [-0.05, 0) is 18.9 Å². The van der Waals surface area contributed by atoms with E-state index in [1.165, 1.54) is 6.42 Å². The van der Waals surface area contributed by atoms with E-state index < -0.39 is 0 Å². The van der Waals surface area contributed by atoms with Crippen LogP contribution in [0.1, 0.15) is 40.5 Å². The van der Waals surface area contributed by atoms with Gasteiger partial charge in [0, 0.05) is 12.5 Å². The third-order valence-electron chi connectivity index (χ3n) is 3.86. The molecule has 5 nitrogen and oxygen atoms in total. The largest absolute Gasteiger partial charge is 0.378 e. The lowest BCUT2D eigenvalue weighted by atomic mass is 10.1. The molecule has 0 aromatic rings. The van der Waals surface area contributed by atoms with Crippen molar-refractivity contribution in [1.29, 1.82) is 0 Å². The normalized spacial score (nSPS) is 13.3. The first kappa shape index (κ1) is 24.4. The first-order valence-corrected chi connectivity index (χ1v) is 9.70. The minimum atomic E-state index is 0.446. The molecule has 148 valence electrons. The Morgan fingerprint density at radius 1 is 0.760 bits per heavy atom. The van der Waals surface area contributed by atoms with Gasteiger partial charge in [0.05, 0.1) is 46.2 Å². The van der Waals surface area contributed by atoms with E-state index in [0.717, 1.165) is 32.0 Å². The van der Waals surface area contributed by atoms with Crippen LogP contribution in [0.4, 0.5) is 0 Å². The zero-order valence-corrected chi connectivity index (χ0v) is 16.8. The molecule has 0 rings (SSSR count). The average Bonchev–Trinajstić information content (AvgIpc) is 2.63. The van der Waals surface area contributed by atoms with Crippen molar-refractivity contribution in [3.63, 3.8) is 0 Å². The molecule has 25 heavy (non-hydrogen) atoms. The van der Waals surface area contributed by atoms with E-state index in [9.17, 15) is 0 Å². The Morgan fingerprint density at radius 3 is 1.88 bits per heavy atom. The van der Waals surface area contributed by atoms with E-state index in [-0.39, 0.29) is 0 Å². The van der Waals surface area contributed by atoms with Gasteiger partial charge in [0.1, 0.15) is 6.61 Å². The van der Waals surface area contributed by atoms with Crippen molar-refractivity contribution in [3.05, 3.63) is 0 Å². The first-order valence-electron chi connectivity index (χ1n) is 9.70. The highest BCUT2D eigenvalue weighted by atomic mass is 16.6. The van der Waals surface area contributed by atoms with Gasteiger partial charge in [-0.1, -0.05) is 46.0 Å². The lowest BCUT2D eigenvalue weighted by Crippen LogP contribution is -2.25. The van der Waals surface area contributed by atoms with Crippen molar-refractivity contribution in [2.45, 2.75) is 40.5 Å². The molecule has 1 N–H and O–H groups in total.